The summed E-state index contributed by atoms with van der Waals surface area (Å²) in [6, 6.07) is 4.21. The Bertz CT molecular complexity index is 710. The van der Waals surface area contributed by atoms with Gasteiger partial charge < -0.3 is 19.8 Å². The van der Waals surface area contributed by atoms with Crippen molar-refractivity contribution < 1.29 is 28.1 Å². The van der Waals surface area contributed by atoms with Crippen LogP contribution in [0.2, 0.25) is 10.8 Å². The van der Waals surface area contributed by atoms with Gasteiger partial charge in [0.1, 0.15) is 17.8 Å². The van der Waals surface area contributed by atoms with Crippen LogP contribution in [0.5, 0.6) is 5.75 Å². The van der Waals surface area contributed by atoms with Crippen LogP contribution in [0.1, 0.15) is 47.5 Å². The van der Waals surface area contributed by atoms with Crippen molar-refractivity contribution in [2.75, 3.05) is 6.61 Å². The molecule has 1 fully saturated rings. The third kappa shape index (κ3) is 6.70. The second-order valence-corrected chi connectivity index (χ2v) is 8.37. The maximum Gasteiger partial charge on any atom is 0.465 e. The van der Waals surface area contributed by atoms with E-state index in [1.807, 2.05) is 27.7 Å². The molecular formula is C19H30BCl2FN2O5. The summed E-state index contributed by atoms with van der Waals surface area (Å²) in [5.74, 6) is -0.964. The number of nitrogens with one attached hydrogen (secondary N) is 1. The minimum atomic E-state index is -0.897. The van der Waals surface area contributed by atoms with Crippen molar-refractivity contribution in [1.29, 1.82) is 0 Å². The van der Waals surface area contributed by atoms with Gasteiger partial charge in [-0.2, -0.15) is 0 Å². The van der Waals surface area contributed by atoms with Crippen molar-refractivity contribution in [3.05, 3.63) is 29.0 Å². The predicted molar refractivity (Wildman–Crippen MR) is 116 cm³/mol. The summed E-state index contributed by atoms with van der Waals surface area (Å²) in [5, 5.41) is 0.0227. The number of hydrogen-bond donors (Lipinski definition) is 2. The molecule has 0 aromatic heterocycles. The third-order valence-electron chi connectivity index (χ3n) is 5.28. The Balaban J connectivity index is 0.00000450. The largest absolute Gasteiger partial charge is 0.494 e. The molecule has 0 spiro atoms. The highest BCUT2D eigenvalue weighted by Crippen LogP contribution is 2.41. The first kappa shape index (κ1) is 26.9. The smallest absolute Gasteiger partial charge is 0.465 e. The van der Waals surface area contributed by atoms with E-state index in [4.69, 9.17) is 36.2 Å². The molecule has 0 bridgehead atoms. The number of hydroxylamine groups is 1. The lowest BCUT2D eigenvalue weighted by Gasteiger charge is -2.32. The molecule has 1 aliphatic rings. The van der Waals surface area contributed by atoms with Gasteiger partial charge in [-0.15, -0.1) is 12.4 Å². The summed E-state index contributed by atoms with van der Waals surface area (Å²) in [4.78, 5) is 16.8. The van der Waals surface area contributed by atoms with Gasteiger partial charge in [-0.3, -0.25) is 9.63 Å². The number of benzene rings is 1. The van der Waals surface area contributed by atoms with E-state index < -0.39 is 36.2 Å². The molecule has 0 aliphatic carbocycles. The molecule has 7 nitrogen and oxygen atoms in total. The SMILES string of the molecule is CCC(=O)NO[C@@H](N)[C@H](CCOc1ccc(Cl)c(F)c1)B1OC(C)(C)C(C)(C)O1.Cl. The summed E-state index contributed by atoms with van der Waals surface area (Å²) < 4.78 is 31.4. The molecule has 0 saturated carbocycles. The van der Waals surface area contributed by atoms with Gasteiger partial charge in [0.05, 0.1) is 22.8 Å². The number of carbonyl (C=O) groups is 1. The van der Waals surface area contributed by atoms with Crippen molar-refractivity contribution in [3.8, 4) is 5.75 Å². The van der Waals surface area contributed by atoms with E-state index in [1.165, 1.54) is 12.1 Å². The van der Waals surface area contributed by atoms with Crippen LogP contribution < -0.4 is 16.0 Å². The van der Waals surface area contributed by atoms with Crippen LogP contribution in [-0.4, -0.2) is 37.1 Å². The first-order valence-corrected chi connectivity index (χ1v) is 9.98. The Kier molecular flexibility index (Phi) is 9.85. The number of ether oxygens (including phenoxy) is 1. The Morgan fingerprint density at radius 3 is 2.43 bits per heavy atom. The lowest BCUT2D eigenvalue weighted by Crippen LogP contribution is -2.44. The second kappa shape index (κ2) is 11.0. The fraction of sp³-hybridized carbons (Fsp3) is 0.632. The van der Waals surface area contributed by atoms with Gasteiger partial charge in [-0.05, 0) is 46.2 Å². The molecule has 1 heterocycles. The van der Waals surface area contributed by atoms with Crippen molar-refractivity contribution in [2.45, 2.75) is 70.7 Å². The summed E-state index contributed by atoms with van der Waals surface area (Å²) in [5.41, 5.74) is 7.38. The number of rotatable bonds is 9. The van der Waals surface area contributed by atoms with E-state index in [0.29, 0.717) is 12.2 Å². The van der Waals surface area contributed by atoms with Gasteiger partial charge in [0.15, 0.2) is 0 Å². The molecule has 3 N–H and O–H groups in total. The molecule has 30 heavy (non-hydrogen) atoms. The molecule has 11 heteroatoms. The first-order valence-electron chi connectivity index (χ1n) is 9.60. The zero-order valence-corrected chi connectivity index (χ0v) is 19.4. The number of carbonyl (C=O) groups excluding carboxylic acids is 1. The molecule has 0 unspecified atom stereocenters. The molecule has 0 radical (unpaired) electrons. The minimum Gasteiger partial charge on any atom is -0.494 e. The molecule has 170 valence electrons. The van der Waals surface area contributed by atoms with E-state index in [1.54, 1.807) is 13.0 Å². The molecule has 1 aliphatic heterocycles. The van der Waals surface area contributed by atoms with E-state index in [0.717, 1.165) is 0 Å². The van der Waals surface area contributed by atoms with Crippen molar-refractivity contribution >= 4 is 37.0 Å². The fourth-order valence-corrected chi connectivity index (χ4v) is 2.81. The zero-order valence-electron chi connectivity index (χ0n) is 17.9. The van der Waals surface area contributed by atoms with Crippen LogP contribution in [0, 0.1) is 5.82 Å². The molecule has 1 amide bonds. The Labute approximate surface area is 188 Å². The van der Waals surface area contributed by atoms with E-state index >= 15 is 0 Å². The quantitative estimate of drug-likeness (QED) is 0.326. The zero-order chi connectivity index (χ0) is 21.8. The Morgan fingerprint density at radius 2 is 1.90 bits per heavy atom. The summed E-state index contributed by atoms with van der Waals surface area (Å²) in [6.07, 6.45) is -0.255. The lowest BCUT2D eigenvalue weighted by molar-refractivity contribution is -0.138. The second-order valence-electron chi connectivity index (χ2n) is 7.96. The predicted octanol–water partition coefficient (Wildman–Crippen LogP) is 3.87. The number of hydrogen-bond acceptors (Lipinski definition) is 6. The Morgan fingerprint density at radius 1 is 1.30 bits per heavy atom. The van der Waals surface area contributed by atoms with Gasteiger partial charge in [0, 0.05) is 18.3 Å². The van der Waals surface area contributed by atoms with Crippen LogP contribution in [0.25, 0.3) is 0 Å². The average molecular weight is 467 g/mol. The molecule has 2 rings (SSSR count). The van der Waals surface area contributed by atoms with Crippen molar-refractivity contribution in [3.63, 3.8) is 0 Å². The lowest BCUT2D eigenvalue weighted by atomic mass is 9.69. The summed E-state index contributed by atoms with van der Waals surface area (Å²) in [7, 11) is -0.668. The van der Waals surface area contributed by atoms with E-state index in [9.17, 15) is 9.18 Å². The topological polar surface area (TPSA) is 92.0 Å². The number of nitrogens with two attached hydrogens (primary N) is 1. The van der Waals surface area contributed by atoms with E-state index in [-0.39, 0.29) is 36.4 Å². The first-order chi connectivity index (χ1) is 13.5. The number of amides is 1. The average Bonchev–Trinajstić information content (AvgIpc) is 2.86. The maximum absolute atomic E-state index is 13.6. The van der Waals surface area contributed by atoms with Crippen molar-refractivity contribution in [1.82, 2.24) is 5.48 Å². The van der Waals surface area contributed by atoms with Crippen LogP contribution in [0.4, 0.5) is 4.39 Å². The van der Waals surface area contributed by atoms with Gasteiger partial charge in [0.2, 0.25) is 5.91 Å². The monoisotopic (exact) mass is 466 g/mol. The van der Waals surface area contributed by atoms with Gasteiger partial charge in [0.25, 0.3) is 0 Å². The van der Waals surface area contributed by atoms with Gasteiger partial charge in [-0.1, -0.05) is 18.5 Å². The van der Waals surface area contributed by atoms with Gasteiger partial charge in [-0.25, -0.2) is 9.87 Å². The third-order valence-corrected chi connectivity index (χ3v) is 5.59. The van der Waals surface area contributed by atoms with Crippen LogP contribution in [-0.2, 0) is 18.9 Å². The fourth-order valence-electron chi connectivity index (χ4n) is 2.69. The molecule has 1 saturated heterocycles. The minimum absolute atomic E-state index is 0. The van der Waals surface area contributed by atoms with Crippen molar-refractivity contribution in [2.24, 2.45) is 5.73 Å². The molecular weight excluding hydrogens is 437 g/mol. The highest BCUT2D eigenvalue weighted by atomic mass is 35.5. The molecule has 1 aromatic carbocycles. The summed E-state index contributed by atoms with van der Waals surface area (Å²) >= 11 is 5.69. The normalized spacial score (nSPS) is 19.0. The highest BCUT2D eigenvalue weighted by molar-refractivity contribution is 6.47. The molecule has 2 atom stereocenters. The van der Waals surface area contributed by atoms with Gasteiger partial charge >= 0.3 is 7.12 Å². The van der Waals surface area contributed by atoms with Crippen LogP contribution in [0.15, 0.2) is 18.2 Å². The number of halogens is 3. The maximum atomic E-state index is 13.6. The highest BCUT2D eigenvalue weighted by Gasteiger charge is 2.55. The van der Waals surface area contributed by atoms with E-state index in [2.05, 4.69) is 5.48 Å². The van der Waals surface area contributed by atoms with Crippen LogP contribution in [0.3, 0.4) is 0 Å². The Hall–Kier alpha value is -1.10. The molecule has 1 aromatic rings. The standard InChI is InChI=1S/C19H29BClFN2O5.ClH/c1-6-16(25)24-27-17(23)13(20-28-18(2,3)19(4,5)29-20)9-10-26-12-7-8-14(21)15(22)11-12;/h7-8,11,13,17H,6,9-10,23H2,1-5H3,(H,24,25);1H/t13-,17+;/m0./s1. The summed E-state index contributed by atoms with van der Waals surface area (Å²) in [6.45, 7) is 9.64. The van der Waals surface area contributed by atoms with Crippen LogP contribution >= 0.6 is 24.0 Å².